The van der Waals surface area contributed by atoms with Gasteiger partial charge in [0.25, 0.3) is 0 Å². The van der Waals surface area contributed by atoms with E-state index in [1.165, 1.54) is 11.1 Å². The molecule has 0 spiro atoms. The van der Waals surface area contributed by atoms with Gasteiger partial charge in [0.05, 0.1) is 23.3 Å². The standard InChI is InChI=1S/C21H21Cl2N3S/c1-15-2-7-19(18(23)12-15)26-10-9-25(14-21-24-8-11-27-21)13-20(26)16-3-5-17(22)6-4-16/h2-8,11-12,20H,9-10,13-14H2,1H3. The maximum atomic E-state index is 6.61. The molecule has 1 aliphatic rings. The second kappa shape index (κ2) is 8.19. The molecule has 1 aromatic heterocycles. The van der Waals surface area contributed by atoms with Crippen LogP contribution in [0.4, 0.5) is 5.69 Å². The number of anilines is 1. The van der Waals surface area contributed by atoms with Crippen molar-refractivity contribution in [1.29, 1.82) is 0 Å². The zero-order chi connectivity index (χ0) is 18.8. The van der Waals surface area contributed by atoms with Gasteiger partial charge in [-0.2, -0.15) is 0 Å². The summed E-state index contributed by atoms with van der Waals surface area (Å²) in [6.45, 7) is 5.77. The van der Waals surface area contributed by atoms with Gasteiger partial charge in [-0.15, -0.1) is 11.3 Å². The number of nitrogens with zero attached hydrogens (tertiary/aromatic N) is 3. The Hall–Kier alpha value is -1.59. The van der Waals surface area contributed by atoms with Gasteiger partial charge in [0, 0.05) is 36.2 Å². The molecule has 6 heteroatoms. The van der Waals surface area contributed by atoms with E-state index in [-0.39, 0.29) is 6.04 Å². The first-order chi connectivity index (χ1) is 13.1. The van der Waals surface area contributed by atoms with E-state index < -0.39 is 0 Å². The van der Waals surface area contributed by atoms with Crippen LogP contribution in [-0.4, -0.2) is 29.5 Å². The van der Waals surface area contributed by atoms with Gasteiger partial charge >= 0.3 is 0 Å². The van der Waals surface area contributed by atoms with Crippen molar-refractivity contribution >= 4 is 40.2 Å². The Morgan fingerprint density at radius 3 is 2.63 bits per heavy atom. The molecule has 2 heterocycles. The van der Waals surface area contributed by atoms with Crippen LogP contribution in [-0.2, 0) is 6.54 Å². The summed E-state index contributed by atoms with van der Waals surface area (Å²) >= 11 is 14.4. The predicted molar refractivity (Wildman–Crippen MR) is 115 cm³/mol. The van der Waals surface area contributed by atoms with Gasteiger partial charge in [0.1, 0.15) is 5.01 Å². The highest BCUT2D eigenvalue weighted by atomic mass is 35.5. The molecule has 0 bridgehead atoms. The summed E-state index contributed by atoms with van der Waals surface area (Å²) in [7, 11) is 0. The Balaban J connectivity index is 1.64. The molecule has 0 N–H and O–H groups in total. The molecule has 1 unspecified atom stereocenters. The number of aryl methyl sites for hydroxylation is 1. The first-order valence-electron chi connectivity index (χ1n) is 8.99. The topological polar surface area (TPSA) is 19.4 Å². The van der Waals surface area contributed by atoms with E-state index in [2.05, 4.69) is 46.0 Å². The zero-order valence-electron chi connectivity index (χ0n) is 15.1. The minimum atomic E-state index is 0.219. The number of piperazine rings is 1. The Morgan fingerprint density at radius 1 is 1.11 bits per heavy atom. The summed E-state index contributed by atoms with van der Waals surface area (Å²) in [5.74, 6) is 0. The molecule has 0 radical (unpaired) electrons. The first kappa shape index (κ1) is 18.8. The molecule has 140 valence electrons. The van der Waals surface area contributed by atoms with Gasteiger partial charge in [0.2, 0.25) is 0 Å². The van der Waals surface area contributed by atoms with Gasteiger partial charge in [-0.25, -0.2) is 4.98 Å². The van der Waals surface area contributed by atoms with Crippen molar-refractivity contribution in [3.05, 3.63) is 80.2 Å². The molecule has 0 saturated carbocycles. The van der Waals surface area contributed by atoms with Crippen molar-refractivity contribution in [3.63, 3.8) is 0 Å². The van der Waals surface area contributed by atoms with Gasteiger partial charge < -0.3 is 4.90 Å². The van der Waals surface area contributed by atoms with Gasteiger partial charge in [0.15, 0.2) is 0 Å². The Morgan fingerprint density at radius 2 is 1.93 bits per heavy atom. The zero-order valence-corrected chi connectivity index (χ0v) is 17.4. The predicted octanol–water partition coefficient (Wildman–Crippen LogP) is 5.82. The number of aromatic nitrogens is 1. The minimum absolute atomic E-state index is 0.219. The molecule has 2 aromatic carbocycles. The minimum Gasteiger partial charge on any atom is -0.361 e. The van der Waals surface area contributed by atoms with Crippen LogP contribution in [0.5, 0.6) is 0 Å². The quantitative estimate of drug-likeness (QED) is 0.532. The third-order valence-corrected chi connectivity index (χ3v) is 6.29. The van der Waals surface area contributed by atoms with Gasteiger partial charge in [-0.05, 0) is 42.3 Å². The number of benzene rings is 2. The molecule has 3 aromatic rings. The summed E-state index contributed by atoms with van der Waals surface area (Å²) in [6.07, 6.45) is 1.87. The number of thiazole rings is 1. The van der Waals surface area contributed by atoms with Crippen LogP contribution in [0.15, 0.2) is 54.0 Å². The smallest absolute Gasteiger partial charge is 0.107 e. The first-order valence-corrected chi connectivity index (χ1v) is 10.6. The van der Waals surface area contributed by atoms with E-state index in [0.29, 0.717) is 0 Å². The van der Waals surface area contributed by atoms with Crippen molar-refractivity contribution in [2.45, 2.75) is 19.5 Å². The molecule has 0 amide bonds. The fraction of sp³-hybridized carbons (Fsp3) is 0.286. The molecule has 0 aliphatic carbocycles. The maximum Gasteiger partial charge on any atom is 0.107 e. The third kappa shape index (κ3) is 4.30. The van der Waals surface area contributed by atoms with Crippen LogP contribution in [0.2, 0.25) is 10.0 Å². The van der Waals surface area contributed by atoms with Crippen molar-refractivity contribution in [1.82, 2.24) is 9.88 Å². The lowest BCUT2D eigenvalue weighted by Crippen LogP contribution is -2.48. The Labute approximate surface area is 174 Å². The Kier molecular flexibility index (Phi) is 5.69. The maximum absolute atomic E-state index is 6.61. The molecule has 1 aliphatic heterocycles. The Bertz CT molecular complexity index is 896. The fourth-order valence-electron chi connectivity index (χ4n) is 3.61. The molecule has 1 saturated heterocycles. The molecule has 3 nitrogen and oxygen atoms in total. The molecule has 27 heavy (non-hydrogen) atoms. The lowest BCUT2D eigenvalue weighted by atomic mass is 10.0. The number of halogens is 2. The number of rotatable bonds is 4. The molecular formula is C21H21Cl2N3S. The fourth-order valence-corrected chi connectivity index (χ4v) is 4.74. The summed E-state index contributed by atoms with van der Waals surface area (Å²) in [5.41, 5.74) is 3.52. The third-order valence-electron chi connectivity index (χ3n) is 4.97. The van der Waals surface area contributed by atoms with Crippen LogP contribution in [0.3, 0.4) is 0 Å². The van der Waals surface area contributed by atoms with Crippen molar-refractivity contribution in [2.24, 2.45) is 0 Å². The summed E-state index contributed by atoms with van der Waals surface area (Å²) in [6, 6.07) is 14.7. The highest BCUT2D eigenvalue weighted by molar-refractivity contribution is 7.09. The molecule has 1 atom stereocenters. The van der Waals surface area contributed by atoms with Crippen LogP contribution < -0.4 is 4.90 Å². The van der Waals surface area contributed by atoms with Crippen LogP contribution in [0.1, 0.15) is 22.2 Å². The normalized spacial score (nSPS) is 18.0. The highest BCUT2D eigenvalue weighted by Crippen LogP contribution is 2.36. The molecule has 4 rings (SSSR count). The second-order valence-electron chi connectivity index (χ2n) is 6.88. The van der Waals surface area contributed by atoms with Gasteiger partial charge in [-0.1, -0.05) is 41.4 Å². The average molecular weight is 418 g/mol. The lowest BCUT2D eigenvalue weighted by molar-refractivity contribution is 0.215. The van der Waals surface area contributed by atoms with Gasteiger partial charge in [-0.3, -0.25) is 4.90 Å². The van der Waals surface area contributed by atoms with Crippen molar-refractivity contribution in [2.75, 3.05) is 24.5 Å². The molecule has 1 fully saturated rings. The number of hydrogen-bond donors (Lipinski definition) is 0. The molecular weight excluding hydrogens is 397 g/mol. The van der Waals surface area contributed by atoms with E-state index in [4.69, 9.17) is 23.2 Å². The van der Waals surface area contributed by atoms with E-state index in [1.54, 1.807) is 11.3 Å². The average Bonchev–Trinajstić information content (AvgIpc) is 3.16. The van der Waals surface area contributed by atoms with E-state index in [0.717, 1.165) is 46.9 Å². The summed E-state index contributed by atoms with van der Waals surface area (Å²) < 4.78 is 0. The second-order valence-corrected chi connectivity index (χ2v) is 8.70. The monoisotopic (exact) mass is 417 g/mol. The summed E-state index contributed by atoms with van der Waals surface area (Å²) in [4.78, 5) is 9.33. The lowest BCUT2D eigenvalue weighted by Gasteiger charge is -2.43. The van der Waals surface area contributed by atoms with E-state index in [9.17, 15) is 0 Å². The van der Waals surface area contributed by atoms with E-state index >= 15 is 0 Å². The largest absolute Gasteiger partial charge is 0.361 e. The van der Waals surface area contributed by atoms with E-state index in [1.807, 2.05) is 29.8 Å². The van der Waals surface area contributed by atoms with Crippen LogP contribution >= 0.6 is 34.5 Å². The van der Waals surface area contributed by atoms with Crippen molar-refractivity contribution in [3.8, 4) is 0 Å². The highest BCUT2D eigenvalue weighted by Gasteiger charge is 2.30. The SMILES string of the molecule is Cc1ccc(N2CCN(Cc3nccs3)CC2c2ccc(Cl)cc2)c(Cl)c1. The van der Waals surface area contributed by atoms with Crippen LogP contribution in [0.25, 0.3) is 0 Å². The van der Waals surface area contributed by atoms with Crippen molar-refractivity contribution < 1.29 is 0 Å². The number of hydrogen-bond acceptors (Lipinski definition) is 4. The summed E-state index contributed by atoms with van der Waals surface area (Å²) in [5, 5.41) is 4.76. The van der Waals surface area contributed by atoms with Crippen LogP contribution in [0, 0.1) is 6.92 Å².